The zero-order valence-electron chi connectivity index (χ0n) is 3.57. The summed E-state index contributed by atoms with van der Waals surface area (Å²) in [6.45, 7) is 0.532. The summed E-state index contributed by atoms with van der Waals surface area (Å²) < 4.78 is 5.59. The molecule has 40 valence electrons. The summed E-state index contributed by atoms with van der Waals surface area (Å²) in [4.78, 5) is 0. The van der Waals surface area contributed by atoms with Crippen LogP contribution >= 0.6 is 12.2 Å². The highest BCUT2D eigenvalue weighted by Gasteiger charge is 2.01. The molecule has 0 saturated carbocycles. The molecule has 1 aliphatic heterocycles. The normalized spacial score (nSPS) is 21.9. The molecule has 0 fully saturated rings. The van der Waals surface area contributed by atoms with Gasteiger partial charge in [-0.15, -0.1) is 0 Å². The Labute approximate surface area is 45.9 Å². The van der Waals surface area contributed by atoms with Crippen molar-refractivity contribution in [1.82, 2.24) is 4.47 Å². The zero-order chi connectivity index (χ0) is 5.11. The molecule has 1 N–H and O–H groups in total. The van der Waals surface area contributed by atoms with E-state index in [0.29, 0.717) is 6.54 Å². The minimum Gasteiger partial charge on any atom is -0.416 e. The SMILES string of the molecule is ON1CC=COS1. The monoisotopic (exact) mass is 119 g/mol. The second kappa shape index (κ2) is 2.20. The van der Waals surface area contributed by atoms with Crippen molar-refractivity contribution in [2.45, 2.75) is 0 Å². The molecule has 0 aromatic heterocycles. The first-order valence-electron chi connectivity index (χ1n) is 1.84. The van der Waals surface area contributed by atoms with E-state index in [4.69, 9.17) is 5.21 Å². The third-order valence-corrected chi connectivity index (χ3v) is 1.06. The lowest BCUT2D eigenvalue weighted by Gasteiger charge is -2.11. The highest BCUT2D eigenvalue weighted by atomic mass is 32.2. The quantitative estimate of drug-likeness (QED) is 0.377. The second-order valence-electron chi connectivity index (χ2n) is 1.08. The third kappa shape index (κ3) is 1.38. The van der Waals surface area contributed by atoms with E-state index in [1.807, 2.05) is 0 Å². The van der Waals surface area contributed by atoms with Gasteiger partial charge >= 0.3 is 0 Å². The Balaban J connectivity index is 2.32. The maximum atomic E-state index is 8.53. The van der Waals surface area contributed by atoms with Crippen molar-refractivity contribution >= 4 is 12.2 Å². The molecule has 0 amide bonds. The van der Waals surface area contributed by atoms with Crippen molar-refractivity contribution in [3.8, 4) is 0 Å². The predicted octanol–water partition coefficient (Wildman–Crippen LogP) is 0.785. The van der Waals surface area contributed by atoms with Crippen molar-refractivity contribution in [3.05, 3.63) is 12.3 Å². The standard InChI is InChI=1S/C3H5NO2S/c5-4-2-1-3-6-7-4/h1,3,5H,2H2. The lowest BCUT2D eigenvalue weighted by molar-refractivity contribution is 0.0181. The molecule has 0 spiro atoms. The van der Waals surface area contributed by atoms with Gasteiger partial charge in [-0.3, -0.25) is 0 Å². The minimum absolute atomic E-state index is 0.532. The summed E-state index contributed by atoms with van der Waals surface area (Å²) in [6.07, 6.45) is 3.26. The predicted molar refractivity (Wildman–Crippen MR) is 26.3 cm³/mol. The third-order valence-electron chi connectivity index (χ3n) is 0.542. The molecule has 0 aromatic rings. The van der Waals surface area contributed by atoms with Crippen LogP contribution in [0.25, 0.3) is 0 Å². The van der Waals surface area contributed by atoms with Gasteiger partial charge in [0.2, 0.25) is 0 Å². The molecule has 0 unspecified atom stereocenters. The van der Waals surface area contributed by atoms with Gasteiger partial charge in [-0.05, 0) is 6.08 Å². The van der Waals surface area contributed by atoms with Crippen molar-refractivity contribution in [2.75, 3.05) is 6.54 Å². The van der Waals surface area contributed by atoms with Gasteiger partial charge in [-0.2, -0.15) is 0 Å². The first-order chi connectivity index (χ1) is 3.39. The van der Waals surface area contributed by atoms with E-state index in [1.165, 1.54) is 6.26 Å². The van der Waals surface area contributed by atoms with Gasteiger partial charge < -0.3 is 9.39 Å². The molecule has 0 atom stereocenters. The van der Waals surface area contributed by atoms with E-state index >= 15 is 0 Å². The Hall–Kier alpha value is -0.190. The van der Waals surface area contributed by atoms with E-state index in [9.17, 15) is 0 Å². The molecule has 3 nitrogen and oxygen atoms in total. The lowest BCUT2D eigenvalue weighted by atomic mass is 10.6. The fraction of sp³-hybridized carbons (Fsp3) is 0.333. The summed E-state index contributed by atoms with van der Waals surface area (Å²) in [5, 5.41) is 8.53. The number of rotatable bonds is 0. The van der Waals surface area contributed by atoms with Crippen LogP contribution in [0.1, 0.15) is 0 Å². The fourth-order valence-corrected chi connectivity index (χ4v) is 0.652. The molecular weight excluding hydrogens is 114 g/mol. The van der Waals surface area contributed by atoms with E-state index in [2.05, 4.69) is 4.18 Å². The van der Waals surface area contributed by atoms with Crippen LogP contribution in [0.4, 0.5) is 0 Å². The maximum Gasteiger partial charge on any atom is 0.172 e. The van der Waals surface area contributed by atoms with E-state index in [0.717, 1.165) is 16.7 Å². The second-order valence-corrected chi connectivity index (χ2v) is 1.84. The van der Waals surface area contributed by atoms with Crippen molar-refractivity contribution in [2.24, 2.45) is 0 Å². The molecule has 1 heterocycles. The van der Waals surface area contributed by atoms with Gasteiger partial charge in [0.15, 0.2) is 12.2 Å². The number of hydroxylamine groups is 1. The molecule has 0 radical (unpaired) electrons. The first kappa shape index (κ1) is 4.96. The average Bonchev–Trinajstić information content (AvgIpc) is 1.69. The molecular formula is C3H5NO2S. The van der Waals surface area contributed by atoms with Crippen LogP contribution < -0.4 is 0 Å². The highest BCUT2D eigenvalue weighted by Crippen LogP contribution is 2.11. The van der Waals surface area contributed by atoms with Crippen LogP contribution in [0.5, 0.6) is 0 Å². The molecule has 1 aliphatic rings. The average molecular weight is 119 g/mol. The van der Waals surface area contributed by atoms with E-state index < -0.39 is 0 Å². The Morgan fingerprint density at radius 2 is 2.71 bits per heavy atom. The largest absolute Gasteiger partial charge is 0.416 e. The van der Waals surface area contributed by atoms with Crippen LogP contribution in [0.2, 0.25) is 0 Å². The molecule has 0 saturated heterocycles. The number of nitrogens with zero attached hydrogens (tertiary/aromatic N) is 1. The van der Waals surface area contributed by atoms with Crippen molar-refractivity contribution < 1.29 is 9.39 Å². The molecule has 0 aromatic carbocycles. The van der Waals surface area contributed by atoms with Gasteiger partial charge in [-0.1, -0.05) is 4.47 Å². The Kier molecular flexibility index (Phi) is 1.56. The van der Waals surface area contributed by atoms with Crippen molar-refractivity contribution in [1.29, 1.82) is 0 Å². The van der Waals surface area contributed by atoms with E-state index in [1.54, 1.807) is 6.08 Å². The Bertz CT molecular complexity index is 85.0. The first-order valence-corrected chi connectivity index (χ1v) is 2.54. The summed E-state index contributed by atoms with van der Waals surface area (Å²) in [5.41, 5.74) is 0. The van der Waals surface area contributed by atoms with Crippen LogP contribution in [-0.4, -0.2) is 16.2 Å². The van der Waals surface area contributed by atoms with Gasteiger partial charge in [0, 0.05) is 0 Å². The summed E-state index contributed by atoms with van der Waals surface area (Å²) >= 11 is 0.920. The zero-order valence-corrected chi connectivity index (χ0v) is 4.39. The number of hydrogen-bond acceptors (Lipinski definition) is 4. The topological polar surface area (TPSA) is 32.7 Å². The summed E-state index contributed by atoms with van der Waals surface area (Å²) in [7, 11) is 0. The molecule has 0 bridgehead atoms. The van der Waals surface area contributed by atoms with Crippen LogP contribution in [0.15, 0.2) is 12.3 Å². The summed E-state index contributed by atoms with van der Waals surface area (Å²) in [6, 6.07) is 0. The molecule has 4 heteroatoms. The van der Waals surface area contributed by atoms with Gasteiger partial charge in [-0.25, -0.2) is 0 Å². The minimum atomic E-state index is 0.532. The molecule has 0 aliphatic carbocycles. The van der Waals surface area contributed by atoms with E-state index in [-0.39, 0.29) is 0 Å². The number of hydrogen-bond donors (Lipinski definition) is 1. The van der Waals surface area contributed by atoms with Gasteiger partial charge in [0.05, 0.1) is 6.54 Å². The highest BCUT2D eigenvalue weighted by molar-refractivity contribution is 7.92. The smallest absolute Gasteiger partial charge is 0.172 e. The van der Waals surface area contributed by atoms with Crippen LogP contribution in [0, 0.1) is 0 Å². The molecule has 7 heavy (non-hydrogen) atoms. The fourth-order valence-electron chi connectivity index (χ4n) is 0.277. The lowest BCUT2D eigenvalue weighted by Crippen LogP contribution is -2.11. The Morgan fingerprint density at radius 1 is 1.86 bits per heavy atom. The maximum absolute atomic E-state index is 8.53. The molecule has 1 rings (SSSR count). The van der Waals surface area contributed by atoms with Gasteiger partial charge in [0.1, 0.15) is 6.26 Å². The van der Waals surface area contributed by atoms with Crippen LogP contribution in [-0.2, 0) is 4.18 Å². The van der Waals surface area contributed by atoms with Crippen LogP contribution in [0.3, 0.4) is 0 Å². The van der Waals surface area contributed by atoms with Crippen molar-refractivity contribution in [3.63, 3.8) is 0 Å². The van der Waals surface area contributed by atoms with Gasteiger partial charge in [0.25, 0.3) is 0 Å². The Morgan fingerprint density at radius 3 is 3.00 bits per heavy atom. The summed E-state index contributed by atoms with van der Waals surface area (Å²) in [5.74, 6) is 0.